The molecular weight excluding hydrogens is 242 g/mol. The summed E-state index contributed by atoms with van der Waals surface area (Å²) in [6.45, 7) is 5.94. The predicted octanol–water partition coefficient (Wildman–Crippen LogP) is 1.32. The van der Waals surface area contributed by atoms with Crippen molar-refractivity contribution in [1.29, 1.82) is 0 Å². The van der Waals surface area contributed by atoms with Gasteiger partial charge in [-0.15, -0.1) is 0 Å². The molecule has 0 radical (unpaired) electrons. The summed E-state index contributed by atoms with van der Waals surface area (Å²) in [5, 5.41) is 13.7. The second-order valence-corrected chi connectivity index (χ2v) is 4.68. The van der Waals surface area contributed by atoms with Crippen LogP contribution < -0.4 is 11.3 Å². The van der Waals surface area contributed by atoms with Crippen LogP contribution in [0.15, 0.2) is 23.0 Å². The zero-order chi connectivity index (χ0) is 14.2. The molecule has 0 atom stereocenters. The van der Waals surface area contributed by atoms with Gasteiger partial charge in [0.2, 0.25) is 0 Å². The Labute approximate surface area is 111 Å². The number of aromatic nitrogens is 2. The van der Waals surface area contributed by atoms with Gasteiger partial charge in [0, 0.05) is 12.6 Å². The Balaban J connectivity index is 2.76. The Hall–Kier alpha value is -2.14. The van der Waals surface area contributed by atoms with Crippen LogP contribution in [0.4, 0.5) is 0 Å². The molecule has 1 heterocycles. The van der Waals surface area contributed by atoms with Crippen molar-refractivity contribution in [3.05, 3.63) is 50.9 Å². The molecule has 1 aromatic carbocycles. The molecule has 0 fully saturated rings. The average molecular weight is 259 g/mol. The van der Waals surface area contributed by atoms with Crippen LogP contribution in [0.25, 0.3) is 5.69 Å². The monoisotopic (exact) mass is 259 g/mol. The van der Waals surface area contributed by atoms with E-state index in [0.717, 1.165) is 28.4 Å². The lowest BCUT2D eigenvalue weighted by Crippen LogP contribution is -2.24. The molecule has 0 spiro atoms. The number of benzene rings is 1. The van der Waals surface area contributed by atoms with Gasteiger partial charge in [-0.2, -0.15) is 9.78 Å². The van der Waals surface area contributed by atoms with E-state index >= 15 is 0 Å². The van der Waals surface area contributed by atoms with Crippen LogP contribution in [0.3, 0.4) is 0 Å². The van der Waals surface area contributed by atoms with Crippen LogP contribution in [-0.2, 0) is 6.54 Å². The lowest BCUT2D eigenvalue weighted by molar-refractivity contribution is 0.457. The fourth-order valence-electron chi connectivity index (χ4n) is 2.29. The summed E-state index contributed by atoms with van der Waals surface area (Å²) in [5.41, 5.74) is 9.23. The number of hydrogen-bond acceptors (Lipinski definition) is 4. The van der Waals surface area contributed by atoms with Gasteiger partial charge in [-0.1, -0.05) is 17.7 Å². The second-order valence-electron chi connectivity index (χ2n) is 4.68. The first kappa shape index (κ1) is 13.3. The third-order valence-electron chi connectivity index (χ3n) is 3.03. The SMILES string of the molecule is Cc1cc(C)c(-n2nc(CN)c(O)cc2=O)c(C)c1. The van der Waals surface area contributed by atoms with Crippen molar-refractivity contribution in [2.24, 2.45) is 5.73 Å². The maximum atomic E-state index is 12.0. The van der Waals surface area contributed by atoms with E-state index in [9.17, 15) is 9.90 Å². The smallest absolute Gasteiger partial charge is 0.275 e. The number of aromatic hydroxyl groups is 1. The number of rotatable bonds is 2. The molecule has 5 heteroatoms. The van der Waals surface area contributed by atoms with E-state index in [1.807, 2.05) is 32.9 Å². The van der Waals surface area contributed by atoms with E-state index in [1.165, 1.54) is 4.68 Å². The van der Waals surface area contributed by atoms with Crippen LogP contribution in [0.5, 0.6) is 5.75 Å². The Morgan fingerprint density at radius 3 is 2.32 bits per heavy atom. The van der Waals surface area contributed by atoms with Crippen molar-refractivity contribution in [3.8, 4) is 11.4 Å². The minimum absolute atomic E-state index is 0.0794. The van der Waals surface area contributed by atoms with Gasteiger partial charge in [-0.05, 0) is 31.9 Å². The number of hydrogen-bond donors (Lipinski definition) is 2. The first-order valence-electron chi connectivity index (χ1n) is 6.04. The zero-order valence-corrected chi connectivity index (χ0v) is 11.3. The van der Waals surface area contributed by atoms with Crippen molar-refractivity contribution < 1.29 is 5.11 Å². The summed E-state index contributed by atoms with van der Waals surface area (Å²) < 4.78 is 1.30. The summed E-state index contributed by atoms with van der Waals surface area (Å²) in [6.07, 6.45) is 0. The summed E-state index contributed by atoms with van der Waals surface area (Å²) in [7, 11) is 0. The summed E-state index contributed by atoms with van der Waals surface area (Å²) in [5.74, 6) is -0.161. The van der Waals surface area contributed by atoms with Gasteiger partial charge in [0.1, 0.15) is 11.4 Å². The molecule has 0 saturated heterocycles. The lowest BCUT2D eigenvalue weighted by Gasteiger charge is -2.13. The first-order chi connectivity index (χ1) is 8.93. The third-order valence-corrected chi connectivity index (χ3v) is 3.03. The minimum atomic E-state index is -0.371. The van der Waals surface area contributed by atoms with Gasteiger partial charge in [0.05, 0.1) is 5.69 Å². The minimum Gasteiger partial charge on any atom is -0.506 e. The fraction of sp³-hybridized carbons (Fsp3) is 0.286. The van der Waals surface area contributed by atoms with Crippen LogP contribution >= 0.6 is 0 Å². The van der Waals surface area contributed by atoms with E-state index in [-0.39, 0.29) is 17.9 Å². The third kappa shape index (κ3) is 2.37. The molecule has 100 valence electrons. The highest BCUT2D eigenvalue weighted by atomic mass is 16.3. The molecule has 2 aromatic rings. The lowest BCUT2D eigenvalue weighted by atomic mass is 10.1. The predicted molar refractivity (Wildman–Crippen MR) is 73.6 cm³/mol. The molecule has 3 N–H and O–H groups in total. The van der Waals surface area contributed by atoms with Crippen LogP contribution in [-0.4, -0.2) is 14.9 Å². The van der Waals surface area contributed by atoms with Gasteiger partial charge >= 0.3 is 0 Å². The normalized spacial score (nSPS) is 10.7. The molecule has 1 aromatic heterocycles. The molecule has 0 aliphatic carbocycles. The van der Waals surface area contributed by atoms with Crippen molar-refractivity contribution in [1.82, 2.24) is 9.78 Å². The highest BCUT2D eigenvalue weighted by Crippen LogP contribution is 2.20. The highest BCUT2D eigenvalue weighted by molar-refractivity contribution is 5.49. The van der Waals surface area contributed by atoms with Gasteiger partial charge in [0.15, 0.2) is 0 Å². The maximum absolute atomic E-state index is 12.0. The van der Waals surface area contributed by atoms with Gasteiger partial charge in [0.25, 0.3) is 5.56 Å². The topological polar surface area (TPSA) is 81.1 Å². The van der Waals surface area contributed by atoms with E-state index in [2.05, 4.69) is 5.10 Å². The maximum Gasteiger partial charge on any atom is 0.275 e. The molecule has 0 amide bonds. The molecule has 2 rings (SSSR count). The molecule has 0 aliphatic rings. The molecular formula is C14H17N3O2. The molecule has 0 unspecified atom stereocenters. The van der Waals surface area contributed by atoms with E-state index < -0.39 is 0 Å². The summed E-state index contributed by atoms with van der Waals surface area (Å²) in [4.78, 5) is 12.0. The molecule has 0 saturated carbocycles. The highest BCUT2D eigenvalue weighted by Gasteiger charge is 2.12. The Morgan fingerprint density at radius 1 is 1.21 bits per heavy atom. The standard InChI is InChI=1S/C14H17N3O2/c1-8-4-9(2)14(10(3)5-8)17-13(19)6-12(18)11(7-15)16-17/h4-6,18H,7,15H2,1-3H3. The first-order valence-corrected chi connectivity index (χ1v) is 6.04. The average Bonchev–Trinajstić information content (AvgIpc) is 2.30. The van der Waals surface area contributed by atoms with Crippen LogP contribution in [0.1, 0.15) is 22.4 Å². The van der Waals surface area contributed by atoms with Crippen molar-refractivity contribution in [2.75, 3.05) is 0 Å². The number of nitrogens with zero attached hydrogens (tertiary/aromatic N) is 2. The molecule has 0 aliphatic heterocycles. The largest absolute Gasteiger partial charge is 0.506 e. The summed E-state index contributed by atoms with van der Waals surface area (Å²) in [6, 6.07) is 5.13. The fourth-order valence-corrected chi connectivity index (χ4v) is 2.29. The van der Waals surface area contributed by atoms with Gasteiger partial charge in [-0.25, -0.2) is 0 Å². The number of aryl methyl sites for hydroxylation is 3. The van der Waals surface area contributed by atoms with Gasteiger partial charge in [-0.3, -0.25) is 4.79 Å². The second kappa shape index (κ2) is 4.85. The van der Waals surface area contributed by atoms with E-state index in [1.54, 1.807) is 0 Å². The quantitative estimate of drug-likeness (QED) is 0.852. The molecule has 5 nitrogen and oxygen atoms in total. The van der Waals surface area contributed by atoms with Crippen molar-refractivity contribution in [2.45, 2.75) is 27.3 Å². The van der Waals surface area contributed by atoms with Crippen LogP contribution in [0, 0.1) is 20.8 Å². The number of nitrogens with two attached hydrogens (primary N) is 1. The molecule has 19 heavy (non-hydrogen) atoms. The zero-order valence-electron chi connectivity index (χ0n) is 11.3. The van der Waals surface area contributed by atoms with Crippen molar-refractivity contribution >= 4 is 0 Å². The van der Waals surface area contributed by atoms with Crippen LogP contribution in [0.2, 0.25) is 0 Å². The van der Waals surface area contributed by atoms with E-state index in [0.29, 0.717) is 5.69 Å². The molecule has 0 bridgehead atoms. The summed E-state index contributed by atoms with van der Waals surface area (Å²) >= 11 is 0. The Morgan fingerprint density at radius 2 is 1.79 bits per heavy atom. The van der Waals surface area contributed by atoms with Crippen molar-refractivity contribution in [3.63, 3.8) is 0 Å². The Bertz CT molecular complexity index is 667. The van der Waals surface area contributed by atoms with Gasteiger partial charge < -0.3 is 10.8 Å². The van der Waals surface area contributed by atoms with E-state index in [4.69, 9.17) is 5.73 Å². The Kier molecular flexibility index (Phi) is 3.40.